The molecule has 2 aromatic carbocycles. The molecule has 0 atom stereocenters. The molecule has 1 aliphatic heterocycles. The van der Waals surface area contributed by atoms with Crippen molar-refractivity contribution in [2.24, 2.45) is 5.10 Å². The van der Waals surface area contributed by atoms with Gasteiger partial charge in [-0.2, -0.15) is 5.10 Å². The Morgan fingerprint density at radius 3 is 2.74 bits per heavy atom. The molecule has 1 aromatic heterocycles. The van der Waals surface area contributed by atoms with Crippen LogP contribution < -0.4 is 10.2 Å². The van der Waals surface area contributed by atoms with Gasteiger partial charge in [0, 0.05) is 30.6 Å². The normalized spacial score (nSPS) is 13.9. The minimum atomic E-state index is -0.601. The third kappa shape index (κ3) is 5.58. The molecule has 2 amide bonds. The van der Waals surface area contributed by atoms with Crippen molar-refractivity contribution in [2.75, 3.05) is 32.9 Å². The molecule has 0 unspecified atom stereocenters. The van der Waals surface area contributed by atoms with Crippen molar-refractivity contribution in [1.29, 1.82) is 0 Å². The number of benzene rings is 2. The van der Waals surface area contributed by atoms with Gasteiger partial charge in [0.2, 0.25) is 0 Å². The van der Waals surface area contributed by atoms with Crippen molar-refractivity contribution in [3.63, 3.8) is 0 Å². The number of nitro benzene ring substituents is 1. The van der Waals surface area contributed by atoms with Crippen molar-refractivity contribution >= 4 is 50.6 Å². The highest BCUT2D eigenvalue weighted by Crippen LogP contribution is 2.26. The summed E-state index contributed by atoms with van der Waals surface area (Å²) in [7, 11) is 0. The minimum absolute atomic E-state index is 0.0255. The fourth-order valence-electron chi connectivity index (χ4n) is 3.23. The predicted octanol–water partition coefficient (Wildman–Crippen LogP) is 3.11. The summed E-state index contributed by atoms with van der Waals surface area (Å²) in [5, 5.41) is 15.2. The van der Waals surface area contributed by atoms with E-state index in [0.717, 1.165) is 0 Å². The highest BCUT2D eigenvalue weighted by Gasteiger charge is 2.18. The van der Waals surface area contributed by atoms with Gasteiger partial charge >= 0.3 is 5.91 Å². The molecule has 1 saturated heterocycles. The van der Waals surface area contributed by atoms with Crippen LogP contribution in [0.3, 0.4) is 0 Å². The van der Waals surface area contributed by atoms with E-state index in [1.807, 2.05) is 0 Å². The van der Waals surface area contributed by atoms with E-state index in [1.54, 1.807) is 23.1 Å². The van der Waals surface area contributed by atoms with Crippen molar-refractivity contribution in [3.8, 4) is 5.75 Å². The van der Waals surface area contributed by atoms with Crippen LogP contribution in [-0.4, -0.2) is 60.8 Å². The topological polar surface area (TPSA) is 137 Å². The molecule has 1 fully saturated rings. The third-order valence-corrected chi connectivity index (χ3v) is 5.60. The maximum atomic E-state index is 12.3. The molecule has 0 aliphatic carbocycles. The molecule has 11 nitrogen and oxygen atoms in total. The predicted molar refractivity (Wildman–Crippen MR) is 125 cm³/mol. The number of nitrogens with zero attached hydrogens (tertiary/aromatic N) is 3. The Morgan fingerprint density at radius 2 is 2.00 bits per heavy atom. The number of hydrogen-bond acceptors (Lipinski definition) is 8. The number of hydrogen-bond donors (Lipinski definition) is 1. The van der Waals surface area contributed by atoms with Gasteiger partial charge in [0.05, 0.1) is 28.8 Å². The zero-order chi connectivity index (χ0) is 24.1. The number of carbonyl (C=O) groups is 2. The quantitative estimate of drug-likeness (QED) is 0.281. The van der Waals surface area contributed by atoms with Gasteiger partial charge in [-0.25, -0.2) is 5.43 Å². The summed E-state index contributed by atoms with van der Waals surface area (Å²) in [6, 6.07) is 10.6. The molecule has 3 aromatic rings. The second-order valence-corrected chi connectivity index (χ2v) is 8.12. The average Bonchev–Trinajstić information content (AvgIpc) is 3.27. The summed E-state index contributed by atoms with van der Waals surface area (Å²) < 4.78 is 16.9. The minimum Gasteiger partial charge on any atom is -0.483 e. The average molecular weight is 531 g/mol. The molecule has 2 heterocycles. The lowest BCUT2D eigenvalue weighted by atomic mass is 10.2. The Hall–Kier alpha value is -3.77. The molecule has 1 aliphatic rings. The van der Waals surface area contributed by atoms with E-state index in [0.29, 0.717) is 53.1 Å². The van der Waals surface area contributed by atoms with Crippen LogP contribution in [0.2, 0.25) is 0 Å². The number of nitrogens with one attached hydrogen (secondary N) is 1. The summed E-state index contributed by atoms with van der Waals surface area (Å²) in [4.78, 5) is 36.6. The number of amides is 2. The standard InChI is InChI=1S/C22H19BrN4O7/c23-17-9-14(1-3-19(17)33-13-21(28)26-5-7-32-8-6-26)12-24-25-22(29)20-11-15-10-16(27(30)31)2-4-18(15)34-20/h1-4,9-12H,5-8,13H2,(H,25,29)/b24-12-. The zero-order valence-electron chi connectivity index (χ0n) is 17.7. The van der Waals surface area contributed by atoms with Crippen molar-refractivity contribution in [1.82, 2.24) is 10.3 Å². The Balaban J connectivity index is 1.33. The SMILES string of the molecule is O=C(N/N=C\c1ccc(OCC(=O)N2CCOCC2)c(Br)c1)c1cc2cc([N+](=O)[O-])ccc2o1. The zero-order valence-corrected chi connectivity index (χ0v) is 19.3. The summed E-state index contributed by atoms with van der Waals surface area (Å²) in [5.74, 6) is -0.235. The van der Waals surface area contributed by atoms with E-state index in [4.69, 9.17) is 13.9 Å². The van der Waals surface area contributed by atoms with Gasteiger partial charge in [0.25, 0.3) is 11.6 Å². The van der Waals surface area contributed by atoms with Crippen molar-refractivity contribution in [3.05, 3.63) is 68.4 Å². The largest absolute Gasteiger partial charge is 0.483 e. The molecule has 34 heavy (non-hydrogen) atoms. The molecule has 0 bridgehead atoms. The van der Waals surface area contributed by atoms with Crippen molar-refractivity contribution < 1.29 is 28.4 Å². The number of ether oxygens (including phenoxy) is 2. The Kier molecular flexibility index (Phi) is 7.18. The van der Waals surface area contributed by atoms with E-state index >= 15 is 0 Å². The highest BCUT2D eigenvalue weighted by molar-refractivity contribution is 9.10. The smallest absolute Gasteiger partial charge is 0.307 e. The van der Waals surface area contributed by atoms with Crippen molar-refractivity contribution in [2.45, 2.75) is 0 Å². The maximum absolute atomic E-state index is 12.3. The molecule has 0 saturated carbocycles. The number of nitro groups is 1. The summed E-state index contributed by atoms with van der Waals surface area (Å²) in [5.41, 5.74) is 3.28. The molecule has 0 radical (unpaired) electrons. The fraction of sp³-hybridized carbons (Fsp3) is 0.227. The van der Waals surface area contributed by atoms with Gasteiger partial charge in [-0.1, -0.05) is 0 Å². The number of halogens is 1. The summed E-state index contributed by atoms with van der Waals surface area (Å²) in [6.45, 7) is 2.08. The lowest BCUT2D eigenvalue weighted by Gasteiger charge is -2.26. The van der Waals surface area contributed by atoms with E-state index in [2.05, 4.69) is 26.5 Å². The monoisotopic (exact) mass is 530 g/mol. The van der Waals surface area contributed by atoms with E-state index < -0.39 is 10.8 Å². The van der Waals surface area contributed by atoms with E-state index in [9.17, 15) is 19.7 Å². The van der Waals surface area contributed by atoms with Crippen LogP contribution >= 0.6 is 15.9 Å². The molecule has 0 spiro atoms. The van der Waals surface area contributed by atoms with Crippen LogP contribution in [0.5, 0.6) is 5.75 Å². The lowest BCUT2D eigenvalue weighted by Crippen LogP contribution is -2.43. The first-order valence-corrected chi connectivity index (χ1v) is 11.0. The molecule has 176 valence electrons. The number of fused-ring (bicyclic) bond motifs is 1. The van der Waals surface area contributed by atoms with Crippen LogP contribution in [0.1, 0.15) is 16.1 Å². The molecule has 12 heteroatoms. The van der Waals surface area contributed by atoms with Gasteiger partial charge in [-0.15, -0.1) is 0 Å². The Bertz CT molecular complexity index is 1270. The van der Waals surface area contributed by atoms with Gasteiger partial charge in [-0.05, 0) is 51.8 Å². The van der Waals surface area contributed by atoms with Gasteiger partial charge in [0.1, 0.15) is 11.3 Å². The van der Waals surface area contributed by atoms with Crippen LogP contribution in [0.25, 0.3) is 11.0 Å². The van der Waals surface area contributed by atoms with E-state index in [1.165, 1.54) is 30.5 Å². The second-order valence-electron chi connectivity index (χ2n) is 7.26. The molecular formula is C22H19BrN4O7. The van der Waals surface area contributed by atoms with Crippen LogP contribution in [0.4, 0.5) is 5.69 Å². The van der Waals surface area contributed by atoms with Gasteiger partial charge in [0.15, 0.2) is 12.4 Å². The molecule has 1 N–H and O–H groups in total. The maximum Gasteiger partial charge on any atom is 0.307 e. The first-order valence-electron chi connectivity index (χ1n) is 10.2. The first-order chi connectivity index (χ1) is 16.4. The van der Waals surface area contributed by atoms with E-state index in [-0.39, 0.29) is 24.0 Å². The summed E-state index contributed by atoms with van der Waals surface area (Å²) in [6.07, 6.45) is 1.43. The Labute approximate surface area is 201 Å². The van der Waals surface area contributed by atoms with Gasteiger partial charge in [-0.3, -0.25) is 19.7 Å². The molecule has 4 rings (SSSR count). The highest BCUT2D eigenvalue weighted by atomic mass is 79.9. The number of morpholine rings is 1. The number of hydrazone groups is 1. The Morgan fingerprint density at radius 1 is 1.21 bits per heavy atom. The third-order valence-electron chi connectivity index (χ3n) is 4.99. The molecular weight excluding hydrogens is 512 g/mol. The second kappa shape index (κ2) is 10.4. The number of non-ortho nitro benzene ring substituents is 1. The lowest BCUT2D eigenvalue weighted by molar-refractivity contribution is -0.384. The van der Waals surface area contributed by atoms with Crippen LogP contribution in [0, 0.1) is 10.1 Å². The number of furan rings is 1. The summed E-state index contributed by atoms with van der Waals surface area (Å²) >= 11 is 3.40. The van der Waals surface area contributed by atoms with Crippen LogP contribution in [-0.2, 0) is 9.53 Å². The van der Waals surface area contributed by atoms with Gasteiger partial charge < -0.3 is 18.8 Å². The number of rotatable bonds is 7. The number of carbonyl (C=O) groups excluding carboxylic acids is 2. The first kappa shape index (κ1) is 23.4. The van der Waals surface area contributed by atoms with Crippen LogP contribution in [0.15, 0.2) is 56.5 Å². The fourth-order valence-corrected chi connectivity index (χ4v) is 3.75.